The van der Waals surface area contributed by atoms with E-state index in [1.54, 1.807) is 0 Å². The van der Waals surface area contributed by atoms with Crippen LogP contribution in [0.15, 0.2) is 18.2 Å². The highest BCUT2D eigenvalue weighted by Crippen LogP contribution is 2.24. The van der Waals surface area contributed by atoms with Crippen LogP contribution in [0.25, 0.3) is 0 Å². The van der Waals surface area contributed by atoms with Crippen LogP contribution in [0.3, 0.4) is 0 Å². The number of carbonyl (C=O) groups is 1. The first-order chi connectivity index (χ1) is 7.00. The van der Waals surface area contributed by atoms with E-state index in [4.69, 9.17) is 10.8 Å². The van der Waals surface area contributed by atoms with Gasteiger partial charge in [0.2, 0.25) is 0 Å². The molecule has 0 fully saturated rings. The van der Waals surface area contributed by atoms with Crippen LogP contribution in [0.1, 0.15) is 0 Å². The molecule has 0 amide bonds. The SMILES string of the molecule is Nc1cc(NCC(=O)O)ccc1[N+](=O)[O-]. The number of anilines is 2. The maximum absolute atomic E-state index is 10.4. The summed E-state index contributed by atoms with van der Waals surface area (Å²) in [5.41, 5.74) is 5.63. The van der Waals surface area contributed by atoms with E-state index < -0.39 is 10.9 Å². The van der Waals surface area contributed by atoms with Gasteiger partial charge in [0.1, 0.15) is 12.2 Å². The average molecular weight is 211 g/mol. The van der Waals surface area contributed by atoms with Crippen molar-refractivity contribution in [1.82, 2.24) is 0 Å². The lowest BCUT2D eigenvalue weighted by Gasteiger charge is -2.04. The Hall–Kier alpha value is -2.31. The summed E-state index contributed by atoms with van der Waals surface area (Å²) in [7, 11) is 0. The number of rotatable bonds is 4. The van der Waals surface area contributed by atoms with Crippen LogP contribution in [0, 0.1) is 10.1 Å². The molecule has 0 saturated carbocycles. The Kier molecular flexibility index (Phi) is 3.06. The fraction of sp³-hybridized carbons (Fsp3) is 0.125. The van der Waals surface area contributed by atoms with Crippen molar-refractivity contribution in [1.29, 1.82) is 0 Å². The number of carboxylic acid groups (broad SMARTS) is 1. The summed E-state index contributed by atoms with van der Waals surface area (Å²) in [6, 6.07) is 3.94. The Morgan fingerprint density at radius 2 is 2.27 bits per heavy atom. The predicted octanol–water partition coefficient (Wildman–Crippen LogP) is 0.673. The van der Waals surface area contributed by atoms with Gasteiger partial charge in [0.05, 0.1) is 4.92 Å². The first-order valence-electron chi connectivity index (χ1n) is 4.00. The molecule has 7 nitrogen and oxygen atoms in total. The highest BCUT2D eigenvalue weighted by molar-refractivity contribution is 5.74. The molecule has 4 N–H and O–H groups in total. The lowest BCUT2D eigenvalue weighted by Crippen LogP contribution is -2.12. The molecule has 0 heterocycles. The van der Waals surface area contributed by atoms with Gasteiger partial charge >= 0.3 is 5.97 Å². The number of nitrogen functional groups attached to an aromatic ring is 1. The normalized spacial score (nSPS) is 9.60. The van der Waals surface area contributed by atoms with Crippen molar-refractivity contribution in [2.75, 3.05) is 17.6 Å². The van der Waals surface area contributed by atoms with Crippen molar-refractivity contribution in [2.24, 2.45) is 0 Å². The van der Waals surface area contributed by atoms with Gasteiger partial charge in [-0.2, -0.15) is 0 Å². The number of benzene rings is 1. The Morgan fingerprint density at radius 3 is 2.73 bits per heavy atom. The molecule has 0 aromatic heterocycles. The topological polar surface area (TPSA) is 118 Å². The second-order valence-corrected chi connectivity index (χ2v) is 2.78. The second-order valence-electron chi connectivity index (χ2n) is 2.78. The minimum atomic E-state index is -1.02. The Morgan fingerprint density at radius 1 is 1.60 bits per heavy atom. The third-order valence-corrected chi connectivity index (χ3v) is 1.67. The number of aliphatic carboxylic acids is 1. The van der Waals surface area contributed by atoms with E-state index in [1.165, 1.54) is 18.2 Å². The van der Waals surface area contributed by atoms with Crippen molar-refractivity contribution in [3.05, 3.63) is 28.3 Å². The standard InChI is InChI=1S/C8H9N3O4/c9-6-3-5(10-4-8(12)13)1-2-7(6)11(14)15/h1-3,10H,4,9H2,(H,12,13). The monoisotopic (exact) mass is 211 g/mol. The van der Waals surface area contributed by atoms with Gasteiger partial charge in [-0.25, -0.2) is 0 Å². The molecule has 7 heteroatoms. The van der Waals surface area contributed by atoms with E-state index in [1.807, 2.05) is 0 Å². The molecule has 0 spiro atoms. The minimum Gasteiger partial charge on any atom is -0.480 e. The van der Waals surface area contributed by atoms with Crippen molar-refractivity contribution in [2.45, 2.75) is 0 Å². The van der Waals surface area contributed by atoms with Crippen LogP contribution in [-0.2, 0) is 4.79 Å². The van der Waals surface area contributed by atoms with Crippen molar-refractivity contribution < 1.29 is 14.8 Å². The third kappa shape index (κ3) is 2.83. The largest absolute Gasteiger partial charge is 0.480 e. The fourth-order valence-electron chi connectivity index (χ4n) is 1.01. The summed E-state index contributed by atoms with van der Waals surface area (Å²) >= 11 is 0. The van der Waals surface area contributed by atoms with Gasteiger partial charge < -0.3 is 16.2 Å². The number of nitrogens with zero attached hydrogens (tertiary/aromatic N) is 1. The van der Waals surface area contributed by atoms with E-state index in [-0.39, 0.29) is 17.9 Å². The molecule has 0 radical (unpaired) electrons. The zero-order chi connectivity index (χ0) is 11.4. The Balaban J connectivity index is 2.82. The van der Waals surface area contributed by atoms with Crippen molar-refractivity contribution in [3.63, 3.8) is 0 Å². The van der Waals surface area contributed by atoms with Gasteiger partial charge in [-0.1, -0.05) is 0 Å². The molecule has 1 aromatic carbocycles. The number of nitro groups is 1. The molecule has 0 atom stereocenters. The van der Waals surface area contributed by atoms with Crippen LogP contribution in [-0.4, -0.2) is 22.5 Å². The third-order valence-electron chi connectivity index (χ3n) is 1.67. The molecule has 1 rings (SSSR count). The lowest BCUT2D eigenvalue weighted by atomic mass is 10.2. The molecule has 0 aliphatic heterocycles. The Bertz CT molecular complexity index is 405. The summed E-state index contributed by atoms with van der Waals surface area (Å²) in [6.45, 7) is -0.267. The molecule has 0 saturated heterocycles. The van der Waals surface area contributed by atoms with Gasteiger partial charge in [0.25, 0.3) is 5.69 Å². The first kappa shape index (κ1) is 10.8. The van der Waals surface area contributed by atoms with Gasteiger partial charge in [-0.3, -0.25) is 14.9 Å². The fourth-order valence-corrected chi connectivity index (χ4v) is 1.01. The summed E-state index contributed by atoms with van der Waals surface area (Å²) < 4.78 is 0. The zero-order valence-corrected chi connectivity index (χ0v) is 7.64. The number of nitrogens with two attached hydrogens (primary N) is 1. The first-order valence-corrected chi connectivity index (χ1v) is 4.00. The number of hydrogen-bond donors (Lipinski definition) is 3. The van der Waals surface area contributed by atoms with Crippen LogP contribution in [0.4, 0.5) is 17.1 Å². The van der Waals surface area contributed by atoms with E-state index >= 15 is 0 Å². The van der Waals surface area contributed by atoms with E-state index in [0.717, 1.165) is 0 Å². The number of nitro benzene ring substituents is 1. The number of carboxylic acids is 1. The molecule has 0 aliphatic carbocycles. The molecule has 1 aromatic rings. The molecule has 0 unspecified atom stereocenters. The van der Waals surface area contributed by atoms with Gasteiger partial charge in [-0.15, -0.1) is 0 Å². The highest BCUT2D eigenvalue weighted by Gasteiger charge is 2.10. The summed E-state index contributed by atoms with van der Waals surface area (Å²) in [5, 5.41) is 21.3. The van der Waals surface area contributed by atoms with E-state index in [2.05, 4.69) is 5.32 Å². The van der Waals surface area contributed by atoms with Gasteiger partial charge in [0, 0.05) is 11.8 Å². The predicted molar refractivity (Wildman–Crippen MR) is 53.6 cm³/mol. The smallest absolute Gasteiger partial charge is 0.322 e. The summed E-state index contributed by atoms with van der Waals surface area (Å²) in [4.78, 5) is 20.0. The number of hydrogen-bond acceptors (Lipinski definition) is 5. The average Bonchev–Trinajstić information content (AvgIpc) is 2.14. The van der Waals surface area contributed by atoms with E-state index in [9.17, 15) is 14.9 Å². The van der Waals surface area contributed by atoms with Crippen LogP contribution < -0.4 is 11.1 Å². The highest BCUT2D eigenvalue weighted by atomic mass is 16.6. The number of nitrogens with one attached hydrogen (secondary N) is 1. The molecule has 0 bridgehead atoms. The molecular weight excluding hydrogens is 202 g/mol. The zero-order valence-electron chi connectivity index (χ0n) is 7.64. The molecule has 15 heavy (non-hydrogen) atoms. The van der Waals surface area contributed by atoms with Crippen LogP contribution >= 0.6 is 0 Å². The lowest BCUT2D eigenvalue weighted by molar-refractivity contribution is -0.383. The van der Waals surface area contributed by atoms with E-state index in [0.29, 0.717) is 5.69 Å². The van der Waals surface area contributed by atoms with Gasteiger partial charge in [-0.05, 0) is 12.1 Å². The maximum Gasteiger partial charge on any atom is 0.322 e. The summed E-state index contributed by atoms with van der Waals surface area (Å²) in [6.07, 6.45) is 0. The van der Waals surface area contributed by atoms with Crippen molar-refractivity contribution >= 4 is 23.0 Å². The second kappa shape index (κ2) is 4.27. The molecular formula is C8H9N3O4. The summed E-state index contributed by atoms with van der Waals surface area (Å²) in [5.74, 6) is -1.02. The van der Waals surface area contributed by atoms with Gasteiger partial charge in [0.15, 0.2) is 0 Å². The van der Waals surface area contributed by atoms with Crippen molar-refractivity contribution in [3.8, 4) is 0 Å². The molecule has 0 aliphatic rings. The molecule has 80 valence electrons. The minimum absolute atomic E-state index is 0.00427. The van der Waals surface area contributed by atoms with Crippen LogP contribution in [0.2, 0.25) is 0 Å². The maximum atomic E-state index is 10.4. The quantitative estimate of drug-likeness (QED) is 0.382. The Labute approximate surface area is 84.7 Å². The van der Waals surface area contributed by atoms with Crippen LogP contribution in [0.5, 0.6) is 0 Å².